The van der Waals surface area contributed by atoms with Crippen molar-refractivity contribution in [1.29, 1.82) is 0 Å². The average molecular weight is 245 g/mol. The molecule has 0 bridgehead atoms. The van der Waals surface area contributed by atoms with Crippen LogP contribution in [0, 0.1) is 10.1 Å². The normalized spacial score (nSPS) is 15.3. The summed E-state index contributed by atoms with van der Waals surface area (Å²) in [5.74, 6) is 0.594. The number of rotatable bonds is 3. The molecule has 1 aromatic heterocycles. The molecule has 2 heterocycles. The summed E-state index contributed by atoms with van der Waals surface area (Å²) in [5, 5.41) is 18.1. The maximum atomic E-state index is 10.6. The second-order valence-corrected chi connectivity index (χ2v) is 4.16. The number of hydrogen-bond donors (Lipinski definition) is 1. The highest BCUT2D eigenvalue weighted by molar-refractivity contribution is 5.56. The first kappa shape index (κ1) is 10.8. The molecule has 1 aliphatic heterocycles. The number of aromatic nitrogens is 3. The van der Waals surface area contributed by atoms with Gasteiger partial charge >= 0.3 is 0 Å². The molecule has 0 atom stereocenters. The van der Waals surface area contributed by atoms with E-state index in [1.807, 2.05) is 4.68 Å². The molecule has 1 saturated heterocycles. The van der Waals surface area contributed by atoms with Crippen LogP contribution in [0.15, 0.2) is 30.6 Å². The van der Waals surface area contributed by atoms with Crippen molar-refractivity contribution in [2.75, 3.05) is 13.1 Å². The molecule has 3 rings (SSSR count). The van der Waals surface area contributed by atoms with E-state index in [-0.39, 0.29) is 5.69 Å². The van der Waals surface area contributed by atoms with Gasteiger partial charge in [0.1, 0.15) is 6.33 Å². The minimum Gasteiger partial charge on any atom is -0.312 e. The minimum atomic E-state index is -0.421. The van der Waals surface area contributed by atoms with E-state index in [1.54, 1.807) is 18.5 Å². The van der Waals surface area contributed by atoms with E-state index < -0.39 is 4.92 Å². The smallest absolute Gasteiger partial charge is 0.269 e. The summed E-state index contributed by atoms with van der Waals surface area (Å²) < 4.78 is 1.83. The maximum Gasteiger partial charge on any atom is 0.269 e. The van der Waals surface area contributed by atoms with Gasteiger partial charge in [0.2, 0.25) is 0 Å². The number of hydrogen-bond acceptors (Lipinski definition) is 5. The van der Waals surface area contributed by atoms with Crippen molar-refractivity contribution in [1.82, 2.24) is 20.1 Å². The molecule has 1 N–H and O–H groups in total. The van der Waals surface area contributed by atoms with Gasteiger partial charge in [-0.15, -0.1) is 0 Å². The van der Waals surface area contributed by atoms with Gasteiger partial charge < -0.3 is 5.32 Å². The zero-order valence-corrected chi connectivity index (χ0v) is 9.48. The van der Waals surface area contributed by atoms with Crippen LogP contribution in [0.2, 0.25) is 0 Å². The molecule has 0 amide bonds. The Morgan fingerprint density at radius 2 is 2.06 bits per heavy atom. The van der Waals surface area contributed by atoms with Crippen LogP contribution >= 0.6 is 0 Å². The lowest BCUT2D eigenvalue weighted by molar-refractivity contribution is -0.384. The van der Waals surface area contributed by atoms with Crippen molar-refractivity contribution in [2.45, 2.75) is 6.04 Å². The van der Waals surface area contributed by atoms with Crippen molar-refractivity contribution in [3.63, 3.8) is 0 Å². The number of nitrogens with zero attached hydrogens (tertiary/aromatic N) is 4. The SMILES string of the molecule is O=[N+]([O-])c1ccc(-c2ncn(C3CNC3)n2)cc1. The third-order valence-electron chi connectivity index (χ3n) is 2.98. The number of non-ortho nitro benzene ring substituents is 1. The molecule has 2 aromatic rings. The number of nitro benzene ring substituents is 1. The Hall–Kier alpha value is -2.28. The predicted octanol–water partition coefficient (Wildman–Crippen LogP) is 0.998. The van der Waals surface area contributed by atoms with Gasteiger partial charge in [-0.25, -0.2) is 9.67 Å². The first-order chi connectivity index (χ1) is 8.74. The molecular weight excluding hydrogens is 234 g/mol. The summed E-state index contributed by atoms with van der Waals surface area (Å²) in [6.45, 7) is 1.81. The van der Waals surface area contributed by atoms with Crippen LogP contribution in [0.4, 0.5) is 5.69 Å². The molecular formula is C11H11N5O2. The topological polar surface area (TPSA) is 85.9 Å². The maximum absolute atomic E-state index is 10.6. The molecule has 1 aromatic carbocycles. The van der Waals surface area contributed by atoms with E-state index in [0.717, 1.165) is 18.7 Å². The van der Waals surface area contributed by atoms with Gasteiger partial charge in [-0.05, 0) is 12.1 Å². The van der Waals surface area contributed by atoms with Crippen LogP contribution in [0.3, 0.4) is 0 Å². The molecule has 92 valence electrons. The fourth-order valence-electron chi connectivity index (χ4n) is 1.78. The summed E-state index contributed by atoms with van der Waals surface area (Å²) in [6.07, 6.45) is 1.70. The molecule has 0 radical (unpaired) electrons. The molecule has 0 saturated carbocycles. The molecule has 1 fully saturated rings. The second-order valence-electron chi connectivity index (χ2n) is 4.16. The van der Waals surface area contributed by atoms with Crippen molar-refractivity contribution < 1.29 is 4.92 Å². The van der Waals surface area contributed by atoms with E-state index in [0.29, 0.717) is 11.9 Å². The van der Waals surface area contributed by atoms with Crippen LogP contribution in [0.5, 0.6) is 0 Å². The van der Waals surface area contributed by atoms with Crippen molar-refractivity contribution in [3.8, 4) is 11.4 Å². The highest BCUT2D eigenvalue weighted by Crippen LogP contribution is 2.20. The van der Waals surface area contributed by atoms with Gasteiger partial charge in [0.25, 0.3) is 5.69 Å². The Kier molecular flexibility index (Phi) is 2.52. The minimum absolute atomic E-state index is 0.0707. The number of nitro groups is 1. The highest BCUT2D eigenvalue weighted by atomic mass is 16.6. The number of benzene rings is 1. The second kappa shape index (κ2) is 4.19. The third kappa shape index (κ3) is 1.84. The van der Waals surface area contributed by atoms with Gasteiger partial charge in [0, 0.05) is 30.8 Å². The molecule has 18 heavy (non-hydrogen) atoms. The Bertz CT molecular complexity index is 573. The van der Waals surface area contributed by atoms with Crippen molar-refractivity contribution >= 4 is 5.69 Å². The lowest BCUT2D eigenvalue weighted by Crippen LogP contribution is -2.43. The van der Waals surface area contributed by atoms with Crippen molar-refractivity contribution in [2.24, 2.45) is 0 Å². The van der Waals surface area contributed by atoms with Crippen LogP contribution < -0.4 is 5.32 Å². The lowest BCUT2D eigenvalue weighted by atomic mass is 10.2. The molecule has 0 unspecified atom stereocenters. The monoisotopic (exact) mass is 245 g/mol. The lowest BCUT2D eigenvalue weighted by Gasteiger charge is -2.26. The molecule has 7 nitrogen and oxygen atoms in total. The van der Waals surface area contributed by atoms with Crippen LogP contribution in [0.1, 0.15) is 6.04 Å². The number of nitrogens with one attached hydrogen (secondary N) is 1. The van der Waals surface area contributed by atoms with Crippen LogP contribution in [-0.4, -0.2) is 32.8 Å². The Labute approximate surface area is 103 Å². The van der Waals surface area contributed by atoms with E-state index in [1.165, 1.54) is 12.1 Å². The van der Waals surface area contributed by atoms with E-state index in [2.05, 4.69) is 15.4 Å². The molecule has 0 aliphatic carbocycles. The summed E-state index contributed by atoms with van der Waals surface area (Å²) >= 11 is 0. The molecule has 1 aliphatic rings. The van der Waals surface area contributed by atoms with Gasteiger partial charge in [0.15, 0.2) is 5.82 Å². The fourth-order valence-corrected chi connectivity index (χ4v) is 1.78. The van der Waals surface area contributed by atoms with Gasteiger partial charge in [-0.2, -0.15) is 5.10 Å². The van der Waals surface area contributed by atoms with Gasteiger partial charge in [0.05, 0.1) is 11.0 Å². The van der Waals surface area contributed by atoms with Gasteiger partial charge in [-0.1, -0.05) is 0 Å². The summed E-state index contributed by atoms with van der Waals surface area (Å²) in [4.78, 5) is 14.3. The standard InChI is InChI=1S/C11H11N5O2/c17-16(18)9-3-1-8(2-4-9)11-13-7-15(14-11)10-5-12-6-10/h1-4,7,10,12H,5-6H2. The summed E-state index contributed by atoms with van der Waals surface area (Å²) in [6, 6.07) is 6.61. The third-order valence-corrected chi connectivity index (χ3v) is 2.98. The van der Waals surface area contributed by atoms with Crippen LogP contribution in [0.25, 0.3) is 11.4 Å². The first-order valence-corrected chi connectivity index (χ1v) is 5.61. The van der Waals surface area contributed by atoms with E-state index in [4.69, 9.17) is 0 Å². The van der Waals surface area contributed by atoms with E-state index >= 15 is 0 Å². The largest absolute Gasteiger partial charge is 0.312 e. The van der Waals surface area contributed by atoms with Crippen LogP contribution in [-0.2, 0) is 0 Å². The first-order valence-electron chi connectivity index (χ1n) is 5.61. The zero-order valence-electron chi connectivity index (χ0n) is 9.48. The molecule has 0 spiro atoms. The summed E-state index contributed by atoms with van der Waals surface area (Å²) in [5.41, 5.74) is 0.855. The summed E-state index contributed by atoms with van der Waals surface area (Å²) in [7, 11) is 0. The average Bonchev–Trinajstić information content (AvgIpc) is 2.76. The zero-order chi connectivity index (χ0) is 12.5. The Balaban J connectivity index is 1.85. The highest BCUT2D eigenvalue weighted by Gasteiger charge is 2.20. The Morgan fingerprint density at radius 1 is 1.33 bits per heavy atom. The van der Waals surface area contributed by atoms with E-state index in [9.17, 15) is 10.1 Å². The Morgan fingerprint density at radius 3 is 2.61 bits per heavy atom. The predicted molar refractivity (Wildman–Crippen MR) is 64.0 cm³/mol. The van der Waals surface area contributed by atoms with Crippen molar-refractivity contribution in [3.05, 3.63) is 40.7 Å². The quantitative estimate of drug-likeness (QED) is 0.644. The molecule has 7 heteroatoms. The fraction of sp³-hybridized carbons (Fsp3) is 0.273. The van der Waals surface area contributed by atoms with Gasteiger partial charge in [-0.3, -0.25) is 10.1 Å².